The Bertz CT molecular complexity index is 838. The lowest BCUT2D eigenvalue weighted by atomic mass is 9.88. The van der Waals surface area contributed by atoms with Crippen molar-refractivity contribution >= 4 is 23.4 Å². The van der Waals surface area contributed by atoms with E-state index < -0.39 is 5.92 Å². The highest BCUT2D eigenvalue weighted by Gasteiger charge is 2.40. The SMILES string of the molecule is CC(C)NC(=O)[C@H]1CN(C(=O)c2ccc(Cl)cc2)C[C@H]1c1cccc(F)c1. The molecule has 1 saturated heterocycles. The molecule has 0 saturated carbocycles. The van der Waals surface area contributed by atoms with Gasteiger partial charge in [-0.15, -0.1) is 0 Å². The van der Waals surface area contributed by atoms with Crippen LogP contribution in [0.1, 0.15) is 35.7 Å². The van der Waals surface area contributed by atoms with Gasteiger partial charge in [0.2, 0.25) is 5.91 Å². The van der Waals surface area contributed by atoms with E-state index in [1.807, 2.05) is 13.8 Å². The molecular formula is C21H22ClFN2O2. The van der Waals surface area contributed by atoms with Crippen LogP contribution in [-0.4, -0.2) is 35.8 Å². The average Bonchev–Trinajstić information content (AvgIpc) is 3.07. The van der Waals surface area contributed by atoms with E-state index in [0.29, 0.717) is 23.7 Å². The normalized spacial score (nSPS) is 19.4. The van der Waals surface area contributed by atoms with Crippen LogP contribution in [0.4, 0.5) is 4.39 Å². The molecule has 27 heavy (non-hydrogen) atoms. The van der Waals surface area contributed by atoms with Gasteiger partial charge in [-0.3, -0.25) is 9.59 Å². The third-order valence-corrected chi connectivity index (χ3v) is 4.99. The number of carbonyl (C=O) groups excluding carboxylic acids is 2. The van der Waals surface area contributed by atoms with Gasteiger partial charge in [0.05, 0.1) is 5.92 Å². The number of carbonyl (C=O) groups is 2. The van der Waals surface area contributed by atoms with E-state index in [2.05, 4.69) is 5.32 Å². The molecule has 0 unspecified atom stereocenters. The van der Waals surface area contributed by atoms with Crippen LogP contribution < -0.4 is 5.32 Å². The maximum Gasteiger partial charge on any atom is 0.253 e. The maximum absolute atomic E-state index is 13.7. The number of halogens is 2. The molecule has 6 heteroatoms. The van der Waals surface area contributed by atoms with E-state index in [9.17, 15) is 14.0 Å². The van der Waals surface area contributed by atoms with Crippen molar-refractivity contribution < 1.29 is 14.0 Å². The fourth-order valence-corrected chi connectivity index (χ4v) is 3.60. The summed E-state index contributed by atoms with van der Waals surface area (Å²) in [6.07, 6.45) is 0. The number of rotatable bonds is 4. The summed E-state index contributed by atoms with van der Waals surface area (Å²) in [5, 5.41) is 3.47. The van der Waals surface area contributed by atoms with Gasteiger partial charge in [0.25, 0.3) is 5.91 Å². The Labute approximate surface area is 163 Å². The molecule has 2 aromatic rings. The number of amides is 2. The van der Waals surface area contributed by atoms with Crippen molar-refractivity contribution in [1.82, 2.24) is 10.2 Å². The van der Waals surface area contributed by atoms with Gasteiger partial charge in [-0.2, -0.15) is 0 Å². The molecule has 0 radical (unpaired) electrons. The summed E-state index contributed by atoms with van der Waals surface area (Å²) in [6.45, 7) is 4.43. The summed E-state index contributed by atoms with van der Waals surface area (Å²) < 4.78 is 13.7. The predicted molar refractivity (Wildman–Crippen MR) is 103 cm³/mol. The minimum absolute atomic E-state index is 0.00771. The summed E-state index contributed by atoms with van der Waals surface area (Å²) in [7, 11) is 0. The van der Waals surface area contributed by atoms with Gasteiger partial charge in [0.15, 0.2) is 0 Å². The molecule has 1 N–H and O–H groups in total. The van der Waals surface area contributed by atoms with Gasteiger partial charge in [0.1, 0.15) is 5.82 Å². The second-order valence-electron chi connectivity index (χ2n) is 7.15. The zero-order valence-corrected chi connectivity index (χ0v) is 16.0. The number of likely N-dealkylation sites (tertiary alicyclic amines) is 1. The minimum atomic E-state index is -0.426. The molecule has 2 atom stereocenters. The standard InChI is InChI=1S/C21H22ClFN2O2/c1-13(2)24-20(26)19-12-25(21(27)14-6-8-16(22)9-7-14)11-18(19)15-4-3-5-17(23)10-15/h3-10,13,18-19H,11-12H2,1-2H3,(H,24,26)/t18-,19-/m0/s1. The molecule has 0 aromatic heterocycles. The van der Waals surface area contributed by atoms with E-state index in [4.69, 9.17) is 11.6 Å². The first-order valence-electron chi connectivity index (χ1n) is 8.96. The molecule has 0 aliphatic carbocycles. The van der Waals surface area contributed by atoms with Crippen LogP contribution in [0.2, 0.25) is 5.02 Å². The number of hydrogen-bond acceptors (Lipinski definition) is 2. The highest BCUT2D eigenvalue weighted by molar-refractivity contribution is 6.30. The fraction of sp³-hybridized carbons (Fsp3) is 0.333. The smallest absolute Gasteiger partial charge is 0.253 e. The Morgan fingerprint density at radius 1 is 1.15 bits per heavy atom. The molecule has 1 aliphatic rings. The van der Waals surface area contributed by atoms with Crippen LogP contribution in [0.15, 0.2) is 48.5 Å². The van der Waals surface area contributed by atoms with Gasteiger partial charge in [-0.25, -0.2) is 4.39 Å². The molecule has 4 nitrogen and oxygen atoms in total. The van der Waals surface area contributed by atoms with Gasteiger partial charge in [-0.1, -0.05) is 23.7 Å². The van der Waals surface area contributed by atoms with Crippen molar-refractivity contribution in [3.8, 4) is 0 Å². The fourth-order valence-electron chi connectivity index (χ4n) is 3.48. The zero-order chi connectivity index (χ0) is 19.6. The van der Waals surface area contributed by atoms with Gasteiger partial charge >= 0.3 is 0 Å². The number of hydrogen-bond donors (Lipinski definition) is 1. The predicted octanol–water partition coefficient (Wildman–Crippen LogP) is 3.86. The van der Waals surface area contributed by atoms with E-state index in [-0.39, 0.29) is 29.6 Å². The first kappa shape index (κ1) is 19.4. The Morgan fingerprint density at radius 3 is 2.48 bits per heavy atom. The number of benzene rings is 2. The van der Waals surface area contributed by atoms with E-state index >= 15 is 0 Å². The third-order valence-electron chi connectivity index (χ3n) is 4.74. The van der Waals surface area contributed by atoms with Crippen molar-refractivity contribution in [2.24, 2.45) is 5.92 Å². The molecule has 1 heterocycles. The molecule has 2 amide bonds. The second-order valence-corrected chi connectivity index (χ2v) is 7.58. The lowest BCUT2D eigenvalue weighted by Gasteiger charge is -2.19. The molecule has 0 spiro atoms. The molecule has 3 rings (SSSR count). The molecule has 142 valence electrons. The molecule has 2 aromatic carbocycles. The molecule has 1 aliphatic heterocycles. The minimum Gasteiger partial charge on any atom is -0.354 e. The monoisotopic (exact) mass is 388 g/mol. The average molecular weight is 389 g/mol. The van der Waals surface area contributed by atoms with E-state index in [1.54, 1.807) is 41.3 Å². The Kier molecular flexibility index (Phi) is 5.80. The van der Waals surface area contributed by atoms with Crippen LogP contribution >= 0.6 is 11.6 Å². The van der Waals surface area contributed by atoms with Crippen molar-refractivity contribution in [3.63, 3.8) is 0 Å². The maximum atomic E-state index is 13.7. The van der Waals surface area contributed by atoms with Crippen molar-refractivity contribution in [1.29, 1.82) is 0 Å². The number of nitrogens with one attached hydrogen (secondary N) is 1. The lowest BCUT2D eigenvalue weighted by molar-refractivity contribution is -0.125. The summed E-state index contributed by atoms with van der Waals surface area (Å²) >= 11 is 5.89. The van der Waals surface area contributed by atoms with E-state index in [0.717, 1.165) is 5.56 Å². The summed E-state index contributed by atoms with van der Waals surface area (Å²) in [4.78, 5) is 27.2. The highest BCUT2D eigenvalue weighted by atomic mass is 35.5. The summed E-state index contributed by atoms with van der Waals surface area (Å²) in [5.41, 5.74) is 1.24. The van der Waals surface area contributed by atoms with Crippen LogP contribution in [0, 0.1) is 11.7 Å². The Morgan fingerprint density at radius 2 is 1.85 bits per heavy atom. The lowest BCUT2D eigenvalue weighted by Crippen LogP contribution is -2.39. The molecule has 1 fully saturated rings. The van der Waals surface area contributed by atoms with Crippen LogP contribution in [-0.2, 0) is 4.79 Å². The van der Waals surface area contributed by atoms with Gasteiger partial charge in [0, 0.05) is 35.6 Å². The Hall–Kier alpha value is -2.40. The zero-order valence-electron chi connectivity index (χ0n) is 15.3. The molecule has 0 bridgehead atoms. The first-order chi connectivity index (χ1) is 12.8. The first-order valence-corrected chi connectivity index (χ1v) is 9.33. The summed E-state index contributed by atoms with van der Waals surface area (Å²) in [5.74, 6) is -1.31. The number of nitrogens with zero attached hydrogens (tertiary/aromatic N) is 1. The van der Waals surface area contributed by atoms with Crippen molar-refractivity contribution in [2.45, 2.75) is 25.8 Å². The van der Waals surface area contributed by atoms with Crippen LogP contribution in [0.5, 0.6) is 0 Å². The molecular weight excluding hydrogens is 367 g/mol. The second kappa shape index (κ2) is 8.09. The van der Waals surface area contributed by atoms with Crippen LogP contribution in [0.25, 0.3) is 0 Å². The topological polar surface area (TPSA) is 49.4 Å². The van der Waals surface area contributed by atoms with Crippen molar-refractivity contribution in [3.05, 3.63) is 70.5 Å². The van der Waals surface area contributed by atoms with Crippen LogP contribution in [0.3, 0.4) is 0 Å². The third kappa shape index (κ3) is 4.48. The largest absolute Gasteiger partial charge is 0.354 e. The van der Waals surface area contributed by atoms with Gasteiger partial charge in [-0.05, 0) is 55.8 Å². The quantitative estimate of drug-likeness (QED) is 0.864. The van der Waals surface area contributed by atoms with Crippen molar-refractivity contribution in [2.75, 3.05) is 13.1 Å². The summed E-state index contributed by atoms with van der Waals surface area (Å²) in [6, 6.07) is 12.9. The highest BCUT2D eigenvalue weighted by Crippen LogP contribution is 2.34. The Balaban J connectivity index is 1.87. The van der Waals surface area contributed by atoms with E-state index in [1.165, 1.54) is 12.1 Å². The van der Waals surface area contributed by atoms with Gasteiger partial charge < -0.3 is 10.2 Å².